The van der Waals surface area contributed by atoms with Gasteiger partial charge in [0.15, 0.2) is 11.4 Å². The summed E-state index contributed by atoms with van der Waals surface area (Å²) in [6.45, 7) is 3.95. The number of rotatable bonds is 10. The number of aryl methyl sites for hydroxylation is 1. The summed E-state index contributed by atoms with van der Waals surface area (Å²) in [5.74, 6) is -0.947. The minimum Gasteiger partial charge on any atom is -0.485 e. The second-order valence-corrected chi connectivity index (χ2v) is 15.5. The quantitative estimate of drug-likeness (QED) is 0.150. The summed E-state index contributed by atoms with van der Waals surface area (Å²) in [5, 5.41) is 5.73. The molecule has 3 aromatic heterocycles. The molecule has 53 heavy (non-hydrogen) atoms. The van der Waals surface area contributed by atoms with E-state index in [0.29, 0.717) is 17.5 Å². The fourth-order valence-electron chi connectivity index (χ4n) is 5.88. The number of anilines is 2. The van der Waals surface area contributed by atoms with E-state index >= 15 is 0 Å². The van der Waals surface area contributed by atoms with E-state index in [1.54, 1.807) is 23.6 Å². The lowest BCUT2D eigenvalue weighted by molar-refractivity contribution is -0.116. The Labute approximate surface area is 311 Å². The number of ether oxygens (including phenoxy) is 1. The molecule has 4 heterocycles. The Hall–Kier alpha value is -4.82. The van der Waals surface area contributed by atoms with Gasteiger partial charge in [0.05, 0.1) is 22.1 Å². The van der Waals surface area contributed by atoms with Gasteiger partial charge in [0.1, 0.15) is 30.1 Å². The number of piperazine rings is 1. The van der Waals surface area contributed by atoms with Gasteiger partial charge in [0.2, 0.25) is 16.4 Å². The normalized spacial score (nSPS) is 14.9. The first kappa shape index (κ1) is 37.9. The van der Waals surface area contributed by atoms with E-state index in [4.69, 9.17) is 16.3 Å². The van der Waals surface area contributed by atoms with E-state index in [2.05, 4.69) is 41.3 Å². The van der Waals surface area contributed by atoms with Gasteiger partial charge in [-0.25, -0.2) is 9.97 Å². The standard InChI is InChI=1S/C32H30BrClF5N9O4S/c1-3-24-27(45-11-13-46(14-12-45)29(50)26-28(19(2)40-18-41-26)52-17-20-7-5-4-6-8-20)30(51)48-32(43-31(33)44-48)47(24)16-25(49)42-23-10-9-21(15-22(23)34)53(35,36,37,38)39/h4-10,15,18H,3,11-14,16-17H2,1-2H3,(H,42,49). The monoisotopic (exact) mass is 845 g/mol. The van der Waals surface area contributed by atoms with Crippen molar-refractivity contribution in [1.82, 2.24) is 34.0 Å². The van der Waals surface area contributed by atoms with E-state index in [-0.39, 0.29) is 90.6 Å². The smallest absolute Gasteiger partial charge is 0.310 e. The van der Waals surface area contributed by atoms with Crippen molar-refractivity contribution in [3.05, 3.63) is 97.6 Å². The number of carbonyl (C=O) groups is 2. The average Bonchev–Trinajstić information content (AvgIpc) is 3.50. The Bertz CT molecular complexity index is 2310. The van der Waals surface area contributed by atoms with Crippen LogP contribution in [0.25, 0.3) is 5.78 Å². The van der Waals surface area contributed by atoms with Crippen molar-refractivity contribution in [2.75, 3.05) is 36.4 Å². The largest absolute Gasteiger partial charge is 0.485 e. The maximum atomic E-state index is 13.9. The second-order valence-electron chi connectivity index (χ2n) is 12.0. The number of nitrogens with zero attached hydrogens (tertiary/aromatic N) is 8. The highest BCUT2D eigenvalue weighted by molar-refractivity contribution is 9.10. The van der Waals surface area contributed by atoms with E-state index in [1.807, 2.05) is 30.3 Å². The minimum atomic E-state index is -10.0. The highest BCUT2D eigenvalue weighted by Gasteiger charge is 2.65. The second kappa shape index (κ2) is 13.5. The minimum absolute atomic E-state index is 0.0176. The van der Waals surface area contributed by atoms with Crippen LogP contribution in [0.3, 0.4) is 0 Å². The third kappa shape index (κ3) is 8.08. The Balaban J connectivity index is 1.24. The van der Waals surface area contributed by atoms with Gasteiger partial charge < -0.3 is 24.4 Å². The van der Waals surface area contributed by atoms with Crippen molar-refractivity contribution in [2.24, 2.45) is 0 Å². The molecule has 0 aliphatic carbocycles. The molecule has 0 saturated carbocycles. The molecule has 282 valence electrons. The highest BCUT2D eigenvalue weighted by atomic mass is 79.9. The van der Waals surface area contributed by atoms with E-state index < -0.39 is 38.2 Å². The summed E-state index contributed by atoms with van der Waals surface area (Å²) in [7, 11) is -10.0. The number of nitrogens with one attached hydrogen (secondary N) is 1. The molecule has 6 rings (SSSR count). The summed E-state index contributed by atoms with van der Waals surface area (Å²) < 4.78 is 74.9. The molecule has 0 radical (unpaired) electrons. The Kier molecular flexibility index (Phi) is 9.69. The third-order valence-corrected chi connectivity index (χ3v) is 10.2. The van der Waals surface area contributed by atoms with Crippen molar-refractivity contribution in [3.8, 4) is 5.75 Å². The number of benzene rings is 2. The fourth-order valence-corrected chi connectivity index (χ4v) is 7.15. The average molecular weight is 847 g/mol. The Morgan fingerprint density at radius 3 is 2.36 bits per heavy atom. The molecule has 0 bridgehead atoms. The summed E-state index contributed by atoms with van der Waals surface area (Å²) in [5.41, 5.74) is 1.18. The lowest BCUT2D eigenvalue weighted by Gasteiger charge is -2.40. The van der Waals surface area contributed by atoms with Crippen LogP contribution in [0.1, 0.15) is 34.4 Å². The fraction of sp³-hybridized carbons (Fsp3) is 0.281. The van der Waals surface area contributed by atoms with Crippen LogP contribution in [-0.2, 0) is 24.4 Å². The van der Waals surface area contributed by atoms with Crippen LogP contribution in [0.15, 0.2) is 69.3 Å². The molecule has 1 fully saturated rings. The zero-order valence-electron chi connectivity index (χ0n) is 27.9. The number of aromatic nitrogens is 6. The summed E-state index contributed by atoms with van der Waals surface area (Å²) in [6, 6.07) is 10.2. The van der Waals surface area contributed by atoms with Gasteiger partial charge >= 0.3 is 10.2 Å². The predicted octanol–water partition coefficient (Wildman–Crippen LogP) is 6.81. The molecule has 21 heteroatoms. The van der Waals surface area contributed by atoms with Gasteiger partial charge in [-0.3, -0.25) is 14.4 Å². The van der Waals surface area contributed by atoms with E-state index in [0.717, 1.165) is 10.1 Å². The van der Waals surface area contributed by atoms with Crippen LogP contribution >= 0.6 is 37.8 Å². The van der Waals surface area contributed by atoms with Crippen LogP contribution in [0.2, 0.25) is 5.02 Å². The zero-order chi connectivity index (χ0) is 38.4. The van der Waals surface area contributed by atoms with Crippen LogP contribution in [0, 0.1) is 6.92 Å². The molecule has 1 N–H and O–H groups in total. The van der Waals surface area contributed by atoms with Gasteiger partial charge in [0.25, 0.3) is 11.5 Å². The number of fused-ring (bicyclic) bond motifs is 1. The Morgan fingerprint density at radius 1 is 1.02 bits per heavy atom. The first-order valence-electron chi connectivity index (χ1n) is 15.9. The molecule has 1 saturated heterocycles. The number of halogens is 7. The number of hydrogen-bond donors (Lipinski definition) is 1. The topological polar surface area (TPSA) is 140 Å². The first-order valence-corrected chi connectivity index (χ1v) is 19.0. The highest BCUT2D eigenvalue weighted by Crippen LogP contribution is 3.02. The van der Waals surface area contributed by atoms with Gasteiger partial charge in [-0.1, -0.05) is 68.3 Å². The molecule has 2 amide bonds. The molecular formula is C32H30BrClF5N9O4S. The van der Waals surface area contributed by atoms with Crippen molar-refractivity contribution in [2.45, 2.75) is 38.3 Å². The van der Waals surface area contributed by atoms with Crippen LogP contribution in [-0.4, -0.2) is 72.0 Å². The van der Waals surface area contributed by atoms with Crippen LogP contribution < -0.4 is 20.5 Å². The maximum absolute atomic E-state index is 13.9. The molecule has 1 aliphatic rings. The van der Waals surface area contributed by atoms with Gasteiger partial charge in [0, 0.05) is 26.2 Å². The lowest BCUT2D eigenvalue weighted by atomic mass is 10.2. The zero-order valence-corrected chi connectivity index (χ0v) is 31.1. The Morgan fingerprint density at radius 2 is 1.72 bits per heavy atom. The molecular weight excluding hydrogens is 817 g/mol. The molecule has 0 unspecified atom stereocenters. The van der Waals surface area contributed by atoms with E-state index in [9.17, 15) is 33.8 Å². The summed E-state index contributed by atoms with van der Waals surface area (Å²) >= 11 is 9.04. The third-order valence-electron chi connectivity index (χ3n) is 8.39. The summed E-state index contributed by atoms with van der Waals surface area (Å²) in [6.07, 6.45) is 1.51. The number of carbonyl (C=O) groups excluding carboxylic acids is 2. The van der Waals surface area contributed by atoms with Gasteiger partial charge in [-0.2, -0.15) is 9.50 Å². The SMILES string of the molecule is CCc1c(N2CCN(C(=O)c3ncnc(C)c3OCc3ccccc3)CC2)c(=O)n2nc(Br)nc2n1CC(=O)Nc1ccc(S(F)(F)(F)(F)F)cc1Cl. The molecule has 0 spiro atoms. The van der Waals surface area contributed by atoms with E-state index in [1.165, 1.54) is 10.9 Å². The molecule has 1 aliphatic heterocycles. The van der Waals surface area contributed by atoms with Crippen molar-refractivity contribution < 1.29 is 33.8 Å². The molecule has 2 aromatic carbocycles. The molecule has 5 aromatic rings. The molecule has 0 atom stereocenters. The predicted molar refractivity (Wildman–Crippen MR) is 191 cm³/mol. The van der Waals surface area contributed by atoms with Crippen molar-refractivity contribution in [3.63, 3.8) is 0 Å². The van der Waals surface area contributed by atoms with Gasteiger partial charge in [-0.15, -0.1) is 5.10 Å². The van der Waals surface area contributed by atoms with Crippen molar-refractivity contribution in [1.29, 1.82) is 0 Å². The lowest BCUT2D eigenvalue weighted by Crippen LogP contribution is -2.51. The van der Waals surface area contributed by atoms with Crippen LogP contribution in [0.4, 0.5) is 30.8 Å². The summed E-state index contributed by atoms with van der Waals surface area (Å²) in [4.78, 5) is 54.7. The molecule has 13 nitrogen and oxygen atoms in total. The number of hydrogen-bond acceptors (Lipinski definition) is 9. The van der Waals surface area contributed by atoms with Crippen molar-refractivity contribution >= 4 is 66.7 Å². The number of amides is 2. The maximum Gasteiger partial charge on any atom is 0.310 e. The van der Waals surface area contributed by atoms with Crippen LogP contribution in [0.5, 0.6) is 5.75 Å². The van der Waals surface area contributed by atoms with Gasteiger partial charge in [-0.05, 0) is 53.0 Å². The first-order chi connectivity index (χ1) is 24.8.